The summed E-state index contributed by atoms with van der Waals surface area (Å²) in [5, 5.41) is 4.75. The van der Waals surface area contributed by atoms with Crippen LogP contribution in [0.1, 0.15) is 25.5 Å². The topological polar surface area (TPSA) is 17.3 Å². The van der Waals surface area contributed by atoms with Gasteiger partial charge in [-0.05, 0) is 31.0 Å². The molecule has 0 unspecified atom stereocenters. The van der Waals surface area contributed by atoms with Crippen LogP contribution in [0.4, 0.5) is 0 Å². The van der Waals surface area contributed by atoms with Crippen molar-refractivity contribution in [2.75, 3.05) is 0 Å². The van der Waals surface area contributed by atoms with Crippen LogP contribution in [-0.4, -0.2) is 9.61 Å². The molecule has 2 nitrogen and oxygen atoms in total. The summed E-state index contributed by atoms with van der Waals surface area (Å²) in [5.41, 5.74) is 4.69. The zero-order valence-electron chi connectivity index (χ0n) is 11.2. The molecule has 2 heterocycles. The number of unbranched alkanes of at least 4 members (excludes halogenated alkanes) is 1. The van der Waals surface area contributed by atoms with Gasteiger partial charge in [0.1, 0.15) is 0 Å². The van der Waals surface area contributed by atoms with Crippen LogP contribution in [0.2, 0.25) is 0 Å². The molecule has 0 bridgehead atoms. The molecule has 2 heteroatoms. The molecular weight excluding hydrogens is 232 g/mol. The maximum atomic E-state index is 4.75. The predicted molar refractivity (Wildman–Crippen MR) is 79.2 cm³/mol. The fraction of sp³-hybridized carbons (Fsp3) is 0.235. The average molecular weight is 250 g/mol. The molecule has 19 heavy (non-hydrogen) atoms. The average Bonchev–Trinajstić information content (AvgIpc) is 2.90. The normalized spacial score (nSPS) is 11.0. The van der Waals surface area contributed by atoms with Crippen molar-refractivity contribution in [1.82, 2.24) is 9.61 Å². The van der Waals surface area contributed by atoms with E-state index in [0.717, 1.165) is 12.1 Å². The van der Waals surface area contributed by atoms with E-state index in [1.54, 1.807) is 0 Å². The molecule has 3 rings (SSSR count). The first-order valence-corrected chi connectivity index (χ1v) is 6.91. The lowest BCUT2D eigenvalue weighted by molar-refractivity contribution is 0.744. The van der Waals surface area contributed by atoms with Crippen molar-refractivity contribution in [3.8, 4) is 11.3 Å². The van der Waals surface area contributed by atoms with Crippen LogP contribution in [0.3, 0.4) is 0 Å². The Morgan fingerprint density at radius 2 is 1.84 bits per heavy atom. The van der Waals surface area contributed by atoms with Gasteiger partial charge in [-0.1, -0.05) is 49.7 Å². The van der Waals surface area contributed by atoms with Gasteiger partial charge >= 0.3 is 0 Å². The van der Waals surface area contributed by atoms with Crippen LogP contribution in [0.5, 0.6) is 0 Å². The van der Waals surface area contributed by atoms with E-state index >= 15 is 0 Å². The van der Waals surface area contributed by atoms with Crippen LogP contribution < -0.4 is 0 Å². The largest absolute Gasteiger partial charge is 0.237 e. The zero-order chi connectivity index (χ0) is 13.1. The molecule has 1 aromatic carbocycles. The maximum absolute atomic E-state index is 4.75. The van der Waals surface area contributed by atoms with Crippen molar-refractivity contribution in [1.29, 1.82) is 0 Å². The van der Waals surface area contributed by atoms with Gasteiger partial charge in [-0.25, -0.2) is 4.52 Å². The highest BCUT2D eigenvalue weighted by Crippen LogP contribution is 2.20. The number of aromatic nitrogens is 2. The van der Waals surface area contributed by atoms with Gasteiger partial charge in [0.2, 0.25) is 0 Å². The molecule has 3 aromatic rings. The van der Waals surface area contributed by atoms with Crippen molar-refractivity contribution in [3.05, 3.63) is 60.3 Å². The third kappa shape index (κ3) is 2.39. The monoisotopic (exact) mass is 250 g/mol. The van der Waals surface area contributed by atoms with Crippen LogP contribution in [-0.2, 0) is 6.42 Å². The minimum atomic E-state index is 1.05. The van der Waals surface area contributed by atoms with E-state index in [2.05, 4.69) is 60.0 Å². The minimum absolute atomic E-state index is 1.05. The van der Waals surface area contributed by atoms with Gasteiger partial charge in [-0.2, -0.15) is 5.10 Å². The summed E-state index contributed by atoms with van der Waals surface area (Å²) in [5.74, 6) is 0. The second kappa shape index (κ2) is 5.27. The molecule has 0 aliphatic carbocycles. The molecule has 0 saturated heterocycles. The lowest BCUT2D eigenvalue weighted by atomic mass is 10.1. The van der Waals surface area contributed by atoms with Crippen molar-refractivity contribution < 1.29 is 0 Å². The number of hydrogen-bond acceptors (Lipinski definition) is 1. The summed E-state index contributed by atoms with van der Waals surface area (Å²) < 4.78 is 2.08. The second-order valence-corrected chi connectivity index (χ2v) is 4.85. The molecule has 0 saturated carbocycles. The number of pyridine rings is 1. The zero-order valence-corrected chi connectivity index (χ0v) is 11.2. The van der Waals surface area contributed by atoms with Crippen LogP contribution in [0.25, 0.3) is 16.8 Å². The molecule has 0 radical (unpaired) electrons. The number of rotatable bonds is 4. The third-order valence-electron chi connectivity index (χ3n) is 3.42. The number of hydrogen-bond donors (Lipinski definition) is 0. The quantitative estimate of drug-likeness (QED) is 0.673. The Morgan fingerprint density at radius 3 is 2.63 bits per heavy atom. The lowest BCUT2D eigenvalue weighted by Gasteiger charge is -2.03. The number of fused-ring (bicyclic) bond motifs is 1. The fourth-order valence-corrected chi connectivity index (χ4v) is 2.37. The Hall–Kier alpha value is -2.09. The first-order chi connectivity index (χ1) is 9.38. The highest BCUT2D eigenvalue weighted by atomic mass is 15.2. The molecule has 0 atom stereocenters. The van der Waals surface area contributed by atoms with E-state index < -0.39 is 0 Å². The van der Waals surface area contributed by atoms with Gasteiger partial charge in [0.05, 0.1) is 11.2 Å². The maximum Gasteiger partial charge on any atom is 0.0933 e. The Morgan fingerprint density at radius 1 is 1.00 bits per heavy atom. The molecule has 0 fully saturated rings. The van der Waals surface area contributed by atoms with Gasteiger partial charge in [-0.15, -0.1) is 0 Å². The smallest absolute Gasteiger partial charge is 0.0933 e. The second-order valence-electron chi connectivity index (χ2n) is 4.85. The SMILES string of the molecule is CCCCc1cccc2cc(-c3ccccc3)nn12. The first kappa shape index (κ1) is 12.0. The number of aryl methyl sites for hydroxylation is 1. The van der Waals surface area contributed by atoms with Crippen molar-refractivity contribution >= 4 is 5.52 Å². The molecule has 96 valence electrons. The summed E-state index contributed by atoms with van der Waals surface area (Å²) in [4.78, 5) is 0. The van der Waals surface area contributed by atoms with Gasteiger partial charge in [-0.3, -0.25) is 0 Å². The van der Waals surface area contributed by atoms with E-state index in [1.165, 1.54) is 29.6 Å². The summed E-state index contributed by atoms with van der Waals surface area (Å²) in [6.07, 6.45) is 3.51. The molecule has 0 N–H and O–H groups in total. The highest BCUT2D eigenvalue weighted by Gasteiger charge is 2.06. The Bertz CT molecular complexity index is 668. The van der Waals surface area contributed by atoms with Crippen molar-refractivity contribution in [3.63, 3.8) is 0 Å². The Kier molecular flexibility index (Phi) is 3.32. The molecule has 0 aliphatic rings. The summed E-state index contributed by atoms with van der Waals surface area (Å²) in [7, 11) is 0. The van der Waals surface area contributed by atoms with E-state index in [0.29, 0.717) is 0 Å². The Balaban J connectivity index is 2.05. The first-order valence-electron chi connectivity index (χ1n) is 6.91. The molecule has 2 aromatic heterocycles. The summed E-state index contributed by atoms with van der Waals surface area (Å²) >= 11 is 0. The molecule has 0 amide bonds. The van der Waals surface area contributed by atoms with Gasteiger partial charge < -0.3 is 0 Å². The summed E-state index contributed by atoms with van der Waals surface area (Å²) in [6, 6.07) is 18.9. The molecule has 0 aliphatic heterocycles. The predicted octanol–water partition coefficient (Wildman–Crippen LogP) is 4.34. The molecule has 0 spiro atoms. The van der Waals surface area contributed by atoms with Crippen LogP contribution in [0.15, 0.2) is 54.6 Å². The van der Waals surface area contributed by atoms with Gasteiger partial charge in [0, 0.05) is 11.3 Å². The minimum Gasteiger partial charge on any atom is -0.237 e. The van der Waals surface area contributed by atoms with E-state index in [-0.39, 0.29) is 0 Å². The highest BCUT2D eigenvalue weighted by molar-refractivity contribution is 5.66. The summed E-state index contributed by atoms with van der Waals surface area (Å²) in [6.45, 7) is 2.22. The number of nitrogens with zero attached hydrogens (tertiary/aromatic N) is 2. The van der Waals surface area contributed by atoms with E-state index in [9.17, 15) is 0 Å². The lowest BCUT2D eigenvalue weighted by Crippen LogP contribution is -1.98. The third-order valence-corrected chi connectivity index (χ3v) is 3.42. The standard InChI is InChI=1S/C17H18N2/c1-2-3-10-15-11-7-12-16-13-17(18-19(15)16)14-8-5-4-6-9-14/h4-9,11-13H,2-3,10H2,1H3. The van der Waals surface area contributed by atoms with Gasteiger partial charge in [0.15, 0.2) is 0 Å². The van der Waals surface area contributed by atoms with Crippen LogP contribution >= 0.6 is 0 Å². The van der Waals surface area contributed by atoms with Crippen molar-refractivity contribution in [2.24, 2.45) is 0 Å². The van der Waals surface area contributed by atoms with E-state index in [4.69, 9.17) is 5.10 Å². The fourth-order valence-electron chi connectivity index (χ4n) is 2.37. The van der Waals surface area contributed by atoms with Crippen molar-refractivity contribution in [2.45, 2.75) is 26.2 Å². The van der Waals surface area contributed by atoms with E-state index in [1.807, 2.05) is 6.07 Å². The van der Waals surface area contributed by atoms with Crippen LogP contribution in [0, 0.1) is 0 Å². The number of benzene rings is 1. The molecular formula is C17H18N2. The Labute approximate surface area is 113 Å². The van der Waals surface area contributed by atoms with Gasteiger partial charge in [0.25, 0.3) is 0 Å².